The monoisotopic (exact) mass is 402 g/mol. The second-order valence-electron chi connectivity index (χ2n) is 7.93. The van der Waals surface area contributed by atoms with E-state index in [0.717, 1.165) is 28.0 Å². The smallest absolute Gasteiger partial charge is 0.255 e. The Labute approximate surface area is 173 Å². The van der Waals surface area contributed by atoms with Crippen LogP contribution in [-0.4, -0.2) is 28.4 Å². The van der Waals surface area contributed by atoms with Crippen molar-refractivity contribution >= 4 is 34.1 Å². The molecule has 1 amide bonds. The van der Waals surface area contributed by atoms with Gasteiger partial charge in [-0.15, -0.1) is 0 Å². The number of amides is 1. The molecular weight excluding hydrogens is 380 g/mol. The number of rotatable bonds is 4. The number of nitrogens with zero attached hydrogens (tertiary/aromatic N) is 1. The van der Waals surface area contributed by atoms with Crippen molar-refractivity contribution in [3.05, 3.63) is 65.4 Å². The van der Waals surface area contributed by atoms with Crippen LogP contribution in [0.25, 0.3) is 11.0 Å². The molecule has 30 heavy (non-hydrogen) atoms. The molecule has 1 atom stereocenters. The van der Waals surface area contributed by atoms with Crippen LogP contribution in [0.2, 0.25) is 0 Å². The van der Waals surface area contributed by atoms with Gasteiger partial charge in [0.15, 0.2) is 5.78 Å². The zero-order chi connectivity index (χ0) is 20.7. The maximum absolute atomic E-state index is 13.0. The maximum atomic E-state index is 13.0. The second kappa shape index (κ2) is 7.44. The van der Waals surface area contributed by atoms with Crippen LogP contribution in [0.15, 0.2) is 52.9 Å². The van der Waals surface area contributed by atoms with E-state index in [1.54, 1.807) is 11.0 Å². The largest absolute Gasteiger partial charge is 0.459 e. The number of anilines is 1. The van der Waals surface area contributed by atoms with E-state index in [2.05, 4.69) is 5.32 Å². The minimum absolute atomic E-state index is 0.0150. The molecule has 2 aliphatic rings. The van der Waals surface area contributed by atoms with Crippen molar-refractivity contribution in [3.8, 4) is 0 Å². The number of hydrogen-bond acceptors (Lipinski definition) is 5. The van der Waals surface area contributed by atoms with Crippen LogP contribution in [0.1, 0.15) is 47.4 Å². The van der Waals surface area contributed by atoms with E-state index in [-0.39, 0.29) is 30.3 Å². The molecule has 5 rings (SSSR count). The number of hydrogen-bond donors (Lipinski definition) is 1. The van der Waals surface area contributed by atoms with Crippen LogP contribution in [0.5, 0.6) is 0 Å². The zero-order valence-electron chi connectivity index (χ0n) is 16.5. The van der Waals surface area contributed by atoms with Gasteiger partial charge in [-0.05, 0) is 30.7 Å². The molecule has 152 valence electrons. The lowest BCUT2D eigenvalue weighted by Crippen LogP contribution is -2.40. The van der Waals surface area contributed by atoms with Gasteiger partial charge in [-0.2, -0.15) is 0 Å². The van der Waals surface area contributed by atoms with E-state index < -0.39 is 6.04 Å². The van der Waals surface area contributed by atoms with E-state index in [9.17, 15) is 14.4 Å². The lowest BCUT2D eigenvalue weighted by atomic mass is 10.1. The topological polar surface area (TPSA) is 79.6 Å². The highest BCUT2D eigenvalue weighted by Gasteiger charge is 2.38. The zero-order valence-corrected chi connectivity index (χ0v) is 16.5. The Balaban J connectivity index is 1.36. The molecule has 3 aromatic rings. The van der Waals surface area contributed by atoms with Gasteiger partial charge in [0.05, 0.1) is 12.6 Å². The third kappa shape index (κ3) is 3.28. The van der Waals surface area contributed by atoms with E-state index in [0.29, 0.717) is 31.5 Å². The highest BCUT2D eigenvalue weighted by molar-refractivity contribution is 6.03. The summed E-state index contributed by atoms with van der Waals surface area (Å²) in [6.07, 6.45) is 1.28. The first-order chi connectivity index (χ1) is 14.6. The summed E-state index contributed by atoms with van der Waals surface area (Å²) in [6.45, 7) is 0.873. The molecule has 0 saturated heterocycles. The Kier molecular flexibility index (Phi) is 4.62. The molecule has 1 N–H and O–H groups in total. The standard InChI is InChI=1S/C24H22N2O4/c27-16-8-10-21(22(28)11-9-16)26-14-19-18(24(26)29)5-3-6-20(19)25-13-17-12-15-4-1-2-7-23(15)30-17/h1-7,12,21,25H,8-11,13-14H2. The molecule has 6 heteroatoms. The summed E-state index contributed by atoms with van der Waals surface area (Å²) in [6, 6.07) is 14.9. The first kappa shape index (κ1) is 18.6. The summed E-state index contributed by atoms with van der Waals surface area (Å²) in [5, 5.41) is 4.44. The molecule has 0 spiro atoms. The van der Waals surface area contributed by atoms with Crippen molar-refractivity contribution in [2.75, 3.05) is 5.32 Å². The van der Waals surface area contributed by atoms with Crippen molar-refractivity contribution < 1.29 is 18.8 Å². The van der Waals surface area contributed by atoms with Gasteiger partial charge in [0.2, 0.25) is 0 Å². The Morgan fingerprint density at radius 3 is 2.73 bits per heavy atom. The molecule has 1 aliphatic heterocycles. The number of carbonyl (C=O) groups excluding carboxylic acids is 3. The number of nitrogens with one attached hydrogen (secondary N) is 1. The molecule has 2 heterocycles. The van der Waals surface area contributed by atoms with Gasteiger partial charge in [0.1, 0.15) is 17.1 Å². The Morgan fingerprint density at radius 1 is 1.00 bits per heavy atom. The molecule has 1 saturated carbocycles. The van der Waals surface area contributed by atoms with Crippen molar-refractivity contribution in [1.29, 1.82) is 0 Å². The van der Waals surface area contributed by atoms with Gasteiger partial charge in [0.25, 0.3) is 5.91 Å². The van der Waals surface area contributed by atoms with Crippen LogP contribution in [0, 0.1) is 0 Å². The third-order valence-electron chi connectivity index (χ3n) is 6.02. The van der Waals surface area contributed by atoms with Crippen molar-refractivity contribution in [2.45, 2.75) is 44.8 Å². The average molecular weight is 402 g/mol. The molecule has 6 nitrogen and oxygen atoms in total. The number of para-hydroxylation sites is 1. The fourth-order valence-electron chi connectivity index (χ4n) is 4.42. The number of benzene rings is 2. The quantitative estimate of drug-likeness (QED) is 0.665. The third-order valence-corrected chi connectivity index (χ3v) is 6.02. The van der Waals surface area contributed by atoms with Gasteiger partial charge in [-0.25, -0.2) is 0 Å². The van der Waals surface area contributed by atoms with Gasteiger partial charge >= 0.3 is 0 Å². The highest BCUT2D eigenvalue weighted by Crippen LogP contribution is 2.33. The fraction of sp³-hybridized carbons (Fsp3) is 0.292. The summed E-state index contributed by atoms with van der Waals surface area (Å²) in [5.41, 5.74) is 3.21. The molecule has 1 aromatic heterocycles. The Morgan fingerprint density at radius 2 is 1.87 bits per heavy atom. The first-order valence-corrected chi connectivity index (χ1v) is 10.3. The molecule has 2 aromatic carbocycles. The number of Topliss-reactive ketones (excluding diaryl/α,β-unsaturated/α-hetero) is 2. The van der Waals surface area contributed by atoms with E-state index >= 15 is 0 Å². The normalized spacial score (nSPS) is 19.3. The minimum Gasteiger partial charge on any atom is -0.459 e. The molecule has 0 radical (unpaired) electrons. The minimum atomic E-state index is -0.514. The second-order valence-corrected chi connectivity index (χ2v) is 7.93. The Bertz CT molecular complexity index is 1130. The SMILES string of the molecule is O=C1CCC(=O)C(N2Cc3c(NCc4cc5ccccc5o4)cccc3C2=O)CC1. The van der Waals surface area contributed by atoms with Gasteiger partial charge in [0, 0.05) is 48.0 Å². The van der Waals surface area contributed by atoms with Crippen molar-refractivity contribution in [1.82, 2.24) is 4.90 Å². The highest BCUT2D eigenvalue weighted by atomic mass is 16.3. The van der Waals surface area contributed by atoms with Crippen LogP contribution in [-0.2, 0) is 22.7 Å². The number of carbonyl (C=O) groups is 3. The van der Waals surface area contributed by atoms with Crippen LogP contribution in [0.3, 0.4) is 0 Å². The van der Waals surface area contributed by atoms with E-state index in [4.69, 9.17) is 4.42 Å². The maximum Gasteiger partial charge on any atom is 0.255 e. The lowest BCUT2D eigenvalue weighted by molar-refractivity contribution is -0.124. The van der Waals surface area contributed by atoms with Gasteiger partial charge < -0.3 is 14.6 Å². The lowest BCUT2D eigenvalue weighted by Gasteiger charge is -2.25. The summed E-state index contributed by atoms with van der Waals surface area (Å²) in [5.74, 6) is 0.763. The van der Waals surface area contributed by atoms with Crippen LogP contribution < -0.4 is 5.32 Å². The number of furan rings is 1. The van der Waals surface area contributed by atoms with Gasteiger partial charge in [-0.3, -0.25) is 14.4 Å². The van der Waals surface area contributed by atoms with E-state index in [1.165, 1.54) is 0 Å². The first-order valence-electron chi connectivity index (χ1n) is 10.3. The van der Waals surface area contributed by atoms with Gasteiger partial charge in [-0.1, -0.05) is 24.3 Å². The summed E-state index contributed by atoms with van der Waals surface area (Å²) in [4.78, 5) is 39.0. The molecule has 1 unspecified atom stereocenters. The number of ketones is 2. The summed E-state index contributed by atoms with van der Waals surface area (Å²) >= 11 is 0. The van der Waals surface area contributed by atoms with Crippen molar-refractivity contribution in [2.24, 2.45) is 0 Å². The van der Waals surface area contributed by atoms with Crippen LogP contribution in [0.4, 0.5) is 5.69 Å². The van der Waals surface area contributed by atoms with Crippen molar-refractivity contribution in [3.63, 3.8) is 0 Å². The summed E-state index contributed by atoms with van der Waals surface area (Å²) in [7, 11) is 0. The number of fused-ring (bicyclic) bond motifs is 2. The molecular formula is C24H22N2O4. The molecule has 1 aliphatic carbocycles. The Hall–Kier alpha value is -3.41. The molecule has 0 bridgehead atoms. The van der Waals surface area contributed by atoms with E-state index in [1.807, 2.05) is 42.5 Å². The average Bonchev–Trinajstić information content (AvgIpc) is 3.27. The predicted octanol–water partition coefficient (Wildman–Crippen LogP) is 4.08. The molecule has 1 fully saturated rings. The summed E-state index contributed by atoms with van der Waals surface area (Å²) < 4.78 is 5.87. The fourth-order valence-corrected chi connectivity index (χ4v) is 4.42. The predicted molar refractivity (Wildman–Crippen MR) is 112 cm³/mol. The van der Waals surface area contributed by atoms with Crippen LogP contribution >= 0.6 is 0 Å².